The zero-order valence-electron chi connectivity index (χ0n) is 12.2. The van der Waals surface area contributed by atoms with Crippen LogP contribution < -0.4 is 5.32 Å². The Morgan fingerprint density at radius 1 is 1.20 bits per heavy atom. The molecule has 0 saturated heterocycles. The monoisotopic (exact) mass is 285 g/mol. The lowest BCUT2D eigenvalue weighted by Crippen LogP contribution is -2.30. The topological polar surface area (TPSA) is 12.0 Å². The predicted molar refractivity (Wildman–Crippen MR) is 74.4 cm³/mol. The molecule has 1 aromatic carbocycles. The second kappa shape index (κ2) is 5.40. The average molecular weight is 285 g/mol. The van der Waals surface area contributed by atoms with E-state index in [2.05, 4.69) is 19.2 Å². The van der Waals surface area contributed by atoms with Crippen molar-refractivity contribution >= 4 is 0 Å². The second-order valence-electron chi connectivity index (χ2n) is 6.61. The van der Waals surface area contributed by atoms with Gasteiger partial charge >= 0.3 is 6.18 Å². The number of benzene rings is 1. The Balaban J connectivity index is 1.98. The lowest BCUT2D eigenvalue weighted by Gasteiger charge is -2.22. The SMILES string of the molecule is CC(NC1CCC(C)(C)C1)c1ccc(C(F)(F)F)cc1. The third-order valence-corrected chi connectivity index (χ3v) is 4.19. The van der Waals surface area contributed by atoms with Gasteiger partial charge in [-0.1, -0.05) is 26.0 Å². The lowest BCUT2D eigenvalue weighted by molar-refractivity contribution is -0.137. The molecule has 2 rings (SSSR count). The molecule has 0 aromatic heterocycles. The van der Waals surface area contributed by atoms with E-state index in [1.807, 2.05) is 6.92 Å². The molecule has 0 bridgehead atoms. The highest BCUT2D eigenvalue weighted by Crippen LogP contribution is 2.38. The average Bonchev–Trinajstić information content (AvgIpc) is 2.67. The van der Waals surface area contributed by atoms with Gasteiger partial charge in [0.15, 0.2) is 0 Å². The molecular weight excluding hydrogens is 263 g/mol. The molecule has 0 spiro atoms. The van der Waals surface area contributed by atoms with Gasteiger partial charge in [0.05, 0.1) is 5.56 Å². The van der Waals surface area contributed by atoms with Gasteiger partial charge in [-0.05, 0) is 49.3 Å². The van der Waals surface area contributed by atoms with Crippen molar-refractivity contribution in [3.63, 3.8) is 0 Å². The largest absolute Gasteiger partial charge is 0.416 e. The van der Waals surface area contributed by atoms with Crippen molar-refractivity contribution in [1.82, 2.24) is 5.32 Å². The molecule has 112 valence electrons. The van der Waals surface area contributed by atoms with Crippen molar-refractivity contribution in [3.8, 4) is 0 Å². The maximum atomic E-state index is 12.5. The van der Waals surface area contributed by atoms with Crippen LogP contribution in [0.3, 0.4) is 0 Å². The highest BCUT2D eigenvalue weighted by molar-refractivity contribution is 5.26. The van der Waals surface area contributed by atoms with E-state index in [4.69, 9.17) is 0 Å². The molecule has 2 atom stereocenters. The molecule has 1 N–H and O–H groups in total. The minimum Gasteiger partial charge on any atom is -0.307 e. The quantitative estimate of drug-likeness (QED) is 0.830. The Bertz CT molecular complexity index is 448. The fourth-order valence-electron chi connectivity index (χ4n) is 2.99. The van der Waals surface area contributed by atoms with Gasteiger partial charge in [-0.25, -0.2) is 0 Å². The fourth-order valence-corrected chi connectivity index (χ4v) is 2.99. The molecule has 20 heavy (non-hydrogen) atoms. The molecule has 1 aromatic rings. The van der Waals surface area contributed by atoms with E-state index >= 15 is 0 Å². The number of halogens is 3. The van der Waals surface area contributed by atoms with Crippen LogP contribution in [-0.2, 0) is 6.18 Å². The van der Waals surface area contributed by atoms with Crippen LogP contribution in [0.1, 0.15) is 57.2 Å². The summed E-state index contributed by atoms with van der Waals surface area (Å²) < 4.78 is 37.6. The smallest absolute Gasteiger partial charge is 0.307 e. The third-order valence-electron chi connectivity index (χ3n) is 4.19. The van der Waals surface area contributed by atoms with E-state index in [1.54, 1.807) is 12.1 Å². The maximum absolute atomic E-state index is 12.5. The van der Waals surface area contributed by atoms with Crippen molar-refractivity contribution in [1.29, 1.82) is 0 Å². The van der Waals surface area contributed by atoms with Gasteiger partial charge in [0.2, 0.25) is 0 Å². The van der Waals surface area contributed by atoms with Crippen LogP contribution in [0.25, 0.3) is 0 Å². The minimum atomic E-state index is -4.26. The molecule has 0 radical (unpaired) electrons. The first-order chi connectivity index (χ1) is 9.17. The van der Waals surface area contributed by atoms with E-state index in [0.29, 0.717) is 11.5 Å². The van der Waals surface area contributed by atoms with Crippen molar-refractivity contribution in [2.24, 2.45) is 5.41 Å². The Labute approximate surface area is 118 Å². The maximum Gasteiger partial charge on any atom is 0.416 e. The summed E-state index contributed by atoms with van der Waals surface area (Å²) >= 11 is 0. The van der Waals surface area contributed by atoms with Gasteiger partial charge in [0.25, 0.3) is 0 Å². The molecule has 4 heteroatoms. The summed E-state index contributed by atoms with van der Waals surface area (Å²) in [6.07, 6.45) is -0.801. The molecule has 1 aliphatic rings. The fraction of sp³-hybridized carbons (Fsp3) is 0.625. The standard InChI is InChI=1S/C16H22F3N/c1-11(20-14-8-9-15(2,3)10-14)12-4-6-13(7-5-12)16(17,18)19/h4-7,11,14,20H,8-10H2,1-3H3. The molecule has 1 nitrogen and oxygen atoms in total. The first-order valence-corrected chi connectivity index (χ1v) is 7.11. The van der Waals surface area contributed by atoms with Crippen LogP contribution in [0.2, 0.25) is 0 Å². The number of rotatable bonds is 3. The summed E-state index contributed by atoms with van der Waals surface area (Å²) in [6, 6.07) is 6.00. The van der Waals surface area contributed by atoms with Gasteiger partial charge in [-0.15, -0.1) is 0 Å². The van der Waals surface area contributed by atoms with E-state index in [-0.39, 0.29) is 6.04 Å². The molecule has 1 fully saturated rings. The van der Waals surface area contributed by atoms with Crippen LogP contribution >= 0.6 is 0 Å². The molecule has 1 aliphatic carbocycles. The van der Waals surface area contributed by atoms with Gasteiger partial charge < -0.3 is 5.32 Å². The summed E-state index contributed by atoms with van der Waals surface area (Å²) in [7, 11) is 0. The van der Waals surface area contributed by atoms with Gasteiger partial charge in [-0.3, -0.25) is 0 Å². The summed E-state index contributed by atoms with van der Waals surface area (Å²) in [5, 5.41) is 3.53. The molecule has 2 unspecified atom stereocenters. The minimum absolute atomic E-state index is 0.0798. The van der Waals surface area contributed by atoms with Gasteiger partial charge in [0, 0.05) is 12.1 Å². The Morgan fingerprint density at radius 2 is 1.80 bits per heavy atom. The van der Waals surface area contributed by atoms with Crippen LogP contribution in [0.4, 0.5) is 13.2 Å². The summed E-state index contributed by atoms with van der Waals surface area (Å²) in [6.45, 7) is 6.53. The van der Waals surface area contributed by atoms with Gasteiger partial charge in [0.1, 0.15) is 0 Å². The molecular formula is C16H22F3N. The number of alkyl halides is 3. The Kier molecular flexibility index (Phi) is 4.14. The second-order valence-corrected chi connectivity index (χ2v) is 6.61. The van der Waals surface area contributed by atoms with Crippen molar-refractivity contribution in [2.75, 3.05) is 0 Å². The van der Waals surface area contributed by atoms with Crippen LogP contribution in [0.15, 0.2) is 24.3 Å². The van der Waals surface area contributed by atoms with Crippen molar-refractivity contribution in [3.05, 3.63) is 35.4 Å². The zero-order chi connectivity index (χ0) is 15.0. The third kappa shape index (κ3) is 3.75. The van der Waals surface area contributed by atoms with Crippen LogP contribution in [0.5, 0.6) is 0 Å². The van der Waals surface area contributed by atoms with E-state index < -0.39 is 11.7 Å². The zero-order valence-corrected chi connectivity index (χ0v) is 12.2. The van der Waals surface area contributed by atoms with E-state index in [0.717, 1.165) is 30.5 Å². The van der Waals surface area contributed by atoms with Crippen molar-refractivity contribution < 1.29 is 13.2 Å². The lowest BCUT2D eigenvalue weighted by atomic mass is 9.91. The highest BCUT2D eigenvalue weighted by atomic mass is 19.4. The highest BCUT2D eigenvalue weighted by Gasteiger charge is 2.32. The first kappa shape index (κ1) is 15.4. The summed E-state index contributed by atoms with van der Waals surface area (Å²) in [5.74, 6) is 0. The molecule has 0 aliphatic heterocycles. The van der Waals surface area contributed by atoms with Crippen LogP contribution in [-0.4, -0.2) is 6.04 Å². The Hall–Kier alpha value is -1.03. The predicted octanol–water partition coefficient (Wildman–Crippen LogP) is 4.93. The number of hydrogen-bond acceptors (Lipinski definition) is 1. The summed E-state index contributed by atoms with van der Waals surface area (Å²) in [5.41, 5.74) is 0.690. The first-order valence-electron chi connectivity index (χ1n) is 7.11. The summed E-state index contributed by atoms with van der Waals surface area (Å²) in [4.78, 5) is 0. The number of nitrogens with one attached hydrogen (secondary N) is 1. The number of hydrogen-bond donors (Lipinski definition) is 1. The van der Waals surface area contributed by atoms with Gasteiger partial charge in [-0.2, -0.15) is 13.2 Å². The molecule has 0 amide bonds. The van der Waals surface area contributed by atoms with E-state index in [9.17, 15) is 13.2 Å². The molecule has 0 heterocycles. The van der Waals surface area contributed by atoms with Crippen molar-refractivity contribution in [2.45, 2.75) is 58.3 Å². The van der Waals surface area contributed by atoms with Crippen LogP contribution in [0, 0.1) is 5.41 Å². The van der Waals surface area contributed by atoms with E-state index in [1.165, 1.54) is 6.42 Å². The Morgan fingerprint density at radius 3 is 2.25 bits per heavy atom. The normalized spacial score (nSPS) is 23.8. The molecule has 1 saturated carbocycles.